The summed E-state index contributed by atoms with van der Waals surface area (Å²) in [6, 6.07) is 0. The minimum Gasteiger partial charge on any atom is -0.466 e. The van der Waals surface area contributed by atoms with Crippen LogP contribution in [0.4, 0.5) is 0 Å². The van der Waals surface area contributed by atoms with Crippen molar-refractivity contribution in [1.82, 2.24) is 0 Å². The van der Waals surface area contributed by atoms with Crippen molar-refractivity contribution in [1.29, 1.82) is 0 Å². The van der Waals surface area contributed by atoms with Crippen molar-refractivity contribution in [2.75, 3.05) is 6.61 Å². The van der Waals surface area contributed by atoms with Gasteiger partial charge >= 0.3 is 5.97 Å². The topological polar surface area (TPSA) is 46.5 Å². The van der Waals surface area contributed by atoms with Crippen LogP contribution in [0.15, 0.2) is 0 Å². The first-order chi connectivity index (χ1) is 8.26. The Balaban J connectivity index is 2.56. The second-order valence-corrected chi connectivity index (χ2v) is 10.8. The highest BCUT2D eigenvalue weighted by Crippen LogP contribution is 2.32. The molecule has 0 heterocycles. The number of aliphatic hydroxyl groups is 1. The molecule has 18 heavy (non-hydrogen) atoms. The van der Waals surface area contributed by atoms with E-state index < -0.39 is 13.7 Å². The third kappa shape index (κ3) is 4.83. The summed E-state index contributed by atoms with van der Waals surface area (Å²) in [5.41, 5.74) is 2.34. The van der Waals surface area contributed by atoms with Crippen LogP contribution in [-0.4, -0.2) is 31.4 Å². The number of carbonyl (C=O) groups is 1. The molecule has 4 heteroatoms. The fourth-order valence-corrected chi connectivity index (χ4v) is 2.63. The minimum atomic E-state index is -1.45. The van der Waals surface area contributed by atoms with Crippen molar-refractivity contribution in [3.63, 3.8) is 0 Å². The maximum atomic E-state index is 11.6. The summed E-state index contributed by atoms with van der Waals surface area (Å²) < 4.78 is 5.01. The SMILES string of the molecule is CCOC(=O)[C@H]1CC[C@](O)(C#C[Si](C)(C)C)CC1. The third-order valence-electron chi connectivity index (χ3n) is 3.10. The zero-order valence-electron chi connectivity index (χ0n) is 11.9. The molecule has 0 unspecified atom stereocenters. The number of rotatable bonds is 2. The van der Waals surface area contributed by atoms with Gasteiger partial charge in [-0.3, -0.25) is 4.79 Å². The molecule has 1 aliphatic rings. The Bertz CT molecular complexity index is 351. The lowest BCUT2D eigenvalue weighted by Gasteiger charge is -2.31. The molecule has 0 aromatic heterocycles. The lowest BCUT2D eigenvalue weighted by Crippen LogP contribution is -2.36. The van der Waals surface area contributed by atoms with Crippen molar-refractivity contribution in [2.24, 2.45) is 5.92 Å². The quantitative estimate of drug-likeness (QED) is 0.475. The highest BCUT2D eigenvalue weighted by atomic mass is 28.3. The summed E-state index contributed by atoms with van der Waals surface area (Å²) in [4.78, 5) is 11.6. The van der Waals surface area contributed by atoms with Crippen LogP contribution in [-0.2, 0) is 9.53 Å². The second kappa shape index (κ2) is 5.90. The molecule has 0 aromatic carbocycles. The molecule has 3 nitrogen and oxygen atoms in total. The zero-order valence-corrected chi connectivity index (χ0v) is 12.9. The van der Waals surface area contributed by atoms with Crippen LogP contribution < -0.4 is 0 Å². The van der Waals surface area contributed by atoms with Crippen LogP contribution in [0.2, 0.25) is 19.6 Å². The summed E-state index contributed by atoms with van der Waals surface area (Å²) >= 11 is 0. The Morgan fingerprint density at radius 1 is 1.39 bits per heavy atom. The van der Waals surface area contributed by atoms with Gasteiger partial charge in [-0.05, 0) is 32.6 Å². The normalized spacial score (nSPS) is 28.2. The predicted octanol–water partition coefficient (Wildman–Crippen LogP) is 2.35. The molecule has 1 fully saturated rings. The number of hydrogen-bond donors (Lipinski definition) is 1. The molecule has 0 atom stereocenters. The van der Waals surface area contributed by atoms with Gasteiger partial charge in [-0.25, -0.2) is 0 Å². The Morgan fingerprint density at radius 2 is 1.94 bits per heavy atom. The Morgan fingerprint density at radius 3 is 2.39 bits per heavy atom. The van der Waals surface area contributed by atoms with E-state index in [-0.39, 0.29) is 11.9 Å². The van der Waals surface area contributed by atoms with Gasteiger partial charge in [0.1, 0.15) is 13.7 Å². The van der Waals surface area contributed by atoms with Crippen molar-refractivity contribution in [3.8, 4) is 11.5 Å². The smallest absolute Gasteiger partial charge is 0.308 e. The van der Waals surface area contributed by atoms with E-state index in [0.29, 0.717) is 32.3 Å². The summed E-state index contributed by atoms with van der Waals surface area (Å²) in [5, 5.41) is 10.4. The second-order valence-electron chi connectivity index (χ2n) is 6.06. The molecule has 1 aliphatic carbocycles. The Labute approximate surface area is 111 Å². The van der Waals surface area contributed by atoms with Gasteiger partial charge in [0.05, 0.1) is 12.5 Å². The van der Waals surface area contributed by atoms with Gasteiger partial charge in [0.2, 0.25) is 0 Å². The molecular weight excluding hydrogens is 244 g/mol. The van der Waals surface area contributed by atoms with Crippen molar-refractivity contribution in [3.05, 3.63) is 0 Å². The molecule has 1 saturated carbocycles. The highest BCUT2D eigenvalue weighted by molar-refractivity contribution is 6.83. The molecule has 0 radical (unpaired) electrons. The fourth-order valence-electron chi connectivity index (χ4n) is 2.02. The van der Waals surface area contributed by atoms with Gasteiger partial charge in [-0.2, -0.15) is 0 Å². The average molecular weight is 268 g/mol. The van der Waals surface area contributed by atoms with Gasteiger partial charge < -0.3 is 9.84 Å². The maximum Gasteiger partial charge on any atom is 0.308 e. The Hall–Kier alpha value is -0.793. The minimum absolute atomic E-state index is 0.0566. The number of carbonyl (C=O) groups excluding carboxylic acids is 1. The van der Waals surface area contributed by atoms with Crippen molar-refractivity contribution < 1.29 is 14.6 Å². The van der Waals surface area contributed by atoms with E-state index in [4.69, 9.17) is 4.74 Å². The standard InChI is InChI=1S/C14H24O3Si/c1-5-17-13(15)12-6-8-14(16,9-7-12)10-11-18(2,3)4/h12,16H,5-9H2,1-4H3/t12-,14+. The Kier molecular flexibility index (Phi) is 5.00. The largest absolute Gasteiger partial charge is 0.466 e. The number of esters is 1. The van der Waals surface area contributed by atoms with Crippen LogP contribution in [0.1, 0.15) is 32.6 Å². The van der Waals surface area contributed by atoms with E-state index in [1.807, 2.05) is 6.92 Å². The molecule has 0 saturated heterocycles. The summed E-state index contributed by atoms with van der Waals surface area (Å²) in [5.74, 6) is 2.86. The molecule has 0 spiro atoms. The lowest BCUT2D eigenvalue weighted by atomic mass is 9.79. The van der Waals surface area contributed by atoms with Crippen molar-refractivity contribution >= 4 is 14.0 Å². The molecule has 0 amide bonds. The van der Waals surface area contributed by atoms with E-state index in [9.17, 15) is 9.90 Å². The summed E-state index contributed by atoms with van der Waals surface area (Å²) in [6.45, 7) is 8.72. The van der Waals surface area contributed by atoms with Crippen LogP contribution in [0.5, 0.6) is 0 Å². The average Bonchev–Trinajstić information content (AvgIpc) is 2.27. The van der Waals surface area contributed by atoms with Crippen LogP contribution in [0, 0.1) is 17.4 Å². The first-order valence-corrected chi connectivity index (χ1v) is 10.2. The number of ether oxygens (including phenoxy) is 1. The molecule has 0 aliphatic heterocycles. The van der Waals surface area contributed by atoms with Crippen LogP contribution in [0.3, 0.4) is 0 Å². The van der Waals surface area contributed by atoms with E-state index in [1.165, 1.54) is 0 Å². The maximum absolute atomic E-state index is 11.6. The van der Waals surface area contributed by atoms with Gasteiger partial charge in [-0.1, -0.05) is 25.6 Å². The van der Waals surface area contributed by atoms with Crippen molar-refractivity contribution in [2.45, 2.75) is 57.8 Å². The molecule has 102 valence electrons. The van der Waals surface area contributed by atoms with Gasteiger partial charge in [-0.15, -0.1) is 5.54 Å². The first-order valence-electron chi connectivity index (χ1n) is 6.69. The summed E-state index contributed by atoms with van der Waals surface area (Å²) in [6.07, 6.45) is 2.51. The molecule has 1 rings (SSSR count). The molecule has 0 aromatic rings. The van der Waals surface area contributed by atoms with Crippen LogP contribution >= 0.6 is 0 Å². The van der Waals surface area contributed by atoms with Gasteiger partial charge in [0.25, 0.3) is 0 Å². The molecule has 1 N–H and O–H groups in total. The molecule has 0 bridgehead atoms. The third-order valence-corrected chi connectivity index (χ3v) is 3.98. The van der Waals surface area contributed by atoms with E-state index in [0.717, 1.165) is 0 Å². The fraction of sp³-hybridized carbons (Fsp3) is 0.786. The van der Waals surface area contributed by atoms with E-state index in [2.05, 4.69) is 31.1 Å². The van der Waals surface area contributed by atoms with E-state index >= 15 is 0 Å². The van der Waals surface area contributed by atoms with Gasteiger partial charge in [0, 0.05) is 0 Å². The number of hydrogen-bond acceptors (Lipinski definition) is 3. The monoisotopic (exact) mass is 268 g/mol. The highest BCUT2D eigenvalue weighted by Gasteiger charge is 2.35. The first kappa shape index (κ1) is 15.3. The summed E-state index contributed by atoms with van der Waals surface area (Å²) in [7, 11) is -1.45. The predicted molar refractivity (Wildman–Crippen MR) is 74.7 cm³/mol. The van der Waals surface area contributed by atoms with E-state index in [1.54, 1.807) is 0 Å². The van der Waals surface area contributed by atoms with Crippen LogP contribution in [0.25, 0.3) is 0 Å². The zero-order chi connectivity index (χ0) is 13.8. The lowest BCUT2D eigenvalue weighted by molar-refractivity contribution is -0.150. The molecular formula is C14H24O3Si. The van der Waals surface area contributed by atoms with Gasteiger partial charge in [0.15, 0.2) is 0 Å².